The molecule has 5 nitrogen and oxygen atoms in total. The largest absolute Gasteiger partial charge is 0.355 e. The Balaban J connectivity index is 1.47. The Labute approximate surface area is 216 Å². The summed E-state index contributed by atoms with van der Waals surface area (Å²) in [5.74, 6) is 0.337. The van der Waals surface area contributed by atoms with Crippen molar-refractivity contribution in [3.8, 4) is 0 Å². The van der Waals surface area contributed by atoms with Crippen LogP contribution in [0.4, 0.5) is 10.1 Å². The van der Waals surface area contributed by atoms with E-state index in [0.717, 1.165) is 41.9 Å². The summed E-state index contributed by atoms with van der Waals surface area (Å²) in [7, 11) is 0. The quantitative estimate of drug-likeness (QED) is 0.197. The van der Waals surface area contributed by atoms with Crippen LogP contribution in [-0.4, -0.2) is 39.6 Å². The zero-order valence-electron chi connectivity index (χ0n) is 20.4. The van der Waals surface area contributed by atoms with Crippen LogP contribution in [0.15, 0.2) is 83.7 Å². The molecule has 1 fully saturated rings. The van der Waals surface area contributed by atoms with E-state index in [2.05, 4.69) is 33.7 Å². The number of hydrogen-bond acceptors (Lipinski definition) is 6. The summed E-state index contributed by atoms with van der Waals surface area (Å²) >= 11 is 1.85. The maximum absolute atomic E-state index is 14.1. The molecule has 1 aliphatic heterocycles. The van der Waals surface area contributed by atoms with Gasteiger partial charge in [-0.1, -0.05) is 42.7 Å². The van der Waals surface area contributed by atoms with Gasteiger partial charge in [0.25, 0.3) is 0 Å². The van der Waals surface area contributed by atoms with Crippen LogP contribution >= 0.6 is 11.9 Å². The second-order valence-electron chi connectivity index (χ2n) is 9.88. The average Bonchev–Trinajstić information content (AvgIpc) is 2.91. The molecule has 36 heavy (non-hydrogen) atoms. The molecule has 0 saturated carbocycles. The Morgan fingerprint density at radius 2 is 2.06 bits per heavy atom. The number of hydrogen-bond donors (Lipinski definition) is 2. The van der Waals surface area contributed by atoms with Gasteiger partial charge in [0, 0.05) is 42.1 Å². The van der Waals surface area contributed by atoms with Crippen LogP contribution in [0.3, 0.4) is 0 Å². The van der Waals surface area contributed by atoms with E-state index in [-0.39, 0.29) is 11.6 Å². The highest BCUT2D eigenvalue weighted by Gasteiger charge is 2.49. The first kappa shape index (κ1) is 24.7. The predicted octanol–water partition coefficient (Wildman–Crippen LogP) is 6.44. The third-order valence-electron chi connectivity index (χ3n) is 7.32. The van der Waals surface area contributed by atoms with Gasteiger partial charge < -0.3 is 10.7 Å². The van der Waals surface area contributed by atoms with Gasteiger partial charge in [0.1, 0.15) is 11.5 Å². The Bertz CT molecular complexity index is 1220. The van der Waals surface area contributed by atoms with Gasteiger partial charge in [-0.25, -0.2) is 8.70 Å². The number of carbonyl (C=O) groups excluding carboxylic acids is 1. The van der Waals surface area contributed by atoms with Crippen LogP contribution < -0.4 is 5.32 Å². The highest BCUT2D eigenvalue weighted by Crippen LogP contribution is 2.48. The van der Waals surface area contributed by atoms with E-state index < -0.39 is 5.41 Å². The maximum atomic E-state index is 14.1. The molecule has 3 atom stereocenters. The first-order valence-electron chi connectivity index (χ1n) is 12.5. The van der Waals surface area contributed by atoms with Gasteiger partial charge in [-0.3, -0.25) is 9.78 Å². The normalized spacial score (nSPS) is 26.2. The summed E-state index contributed by atoms with van der Waals surface area (Å²) < 4.78 is 15.8. The third kappa shape index (κ3) is 5.08. The molecule has 3 aliphatic rings. The Hall–Kier alpha value is -3.03. The molecule has 1 aromatic carbocycles. The summed E-state index contributed by atoms with van der Waals surface area (Å²) in [4.78, 5) is 18.5. The lowest BCUT2D eigenvalue weighted by Crippen LogP contribution is -2.49. The highest BCUT2D eigenvalue weighted by atomic mass is 32.2. The van der Waals surface area contributed by atoms with Crippen LogP contribution in [0, 0.1) is 22.6 Å². The number of aromatic nitrogens is 1. The molecule has 2 N–H and O–H groups in total. The molecule has 5 rings (SSSR count). The minimum atomic E-state index is -0.772. The summed E-state index contributed by atoms with van der Waals surface area (Å²) in [6.45, 7) is 3.69. The molecule has 3 unspecified atom stereocenters. The summed E-state index contributed by atoms with van der Waals surface area (Å²) in [6.07, 6.45) is 13.2. The molecule has 0 bridgehead atoms. The van der Waals surface area contributed by atoms with Gasteiger partial charge in [-0.15, -0.1) is 0 Å². The van der Waals surface area contributed by atoms with E-state index >= 15 is 0 Å². The van der Waals surface area contributed by atoms with Gasteiger partial charge in [-0.05, 0) is 79.6 Å². The van der Waals surface area contributed by atoms with Crippen molar-refractivity contribution < 1.29 is 9.18 Å². The zero-order valence-corrected chi connectivity index (χ0v) is 21.2. The average molecular weight is 503 g/mol. The second kappa shape index (κ2) is 10.5. The van der Waals surface area contributed by atoms with Crippen molar-refractivity contribution in [1.29, 1.82) is 5.41 Å². The molecule has 0 amide bonds. The molecular weight excluding hydrogens is 471 g/mol. The zero-order chi connectivity index (χ0) is 25.1. The monoisotopic (exact) mass is 502 g/mol. The van der Waals surface area contributed by atoms with Crippen molar-refractivity contribution in [3.63, 3.8) is 0 Å². The number of rotatable bonds is 7. The van der Waals surface area contributed by atoms with Gasteiger partial charge in [-0.2, -0.15) is 0 Å². The van der Waals surface area contributed by atoms with E-state index in [1.807, 2.05) is 30.2 Å². The van der Waals surface area contributed by atoms with Crippen LogP contribution in [0.25, 0.3) is 0 Å². The number of ketones is 1. The highest BCUT2D eigenvalue weighted by molar-refractivity contribution is 7.97. The van der Waals surface area contributed by atoms with E-state index in [1.54, 1.807) is 24.4 Å². The lowest BCUT2D eigenvalue weighted by atomic mass is 9.65. The van der Waals surface area contributed by atoms with E-state index in [9.17, 15) is 9.18 Å². The third-order valence-corrected chi connectivity index (χ3v) is 8.60. The first-order chi connectivity index (χ1) is 17.5. The molecule has 0 spiro atoms. The van der Waals surface area contributed by atoms with E-state index in [1.165, 1.54) is 24.8 Å². The van der Waals surface area contributed by atoms with Crippen molar-refractivity contribution in [3.05, 3.63) is 95.2 Å². The number of nitrogens with zero attached hydrogens (tertiary/aromatic N) is 2. The van der Waals surface area contributed by atoms with Gasteiger partial charge >= 0.3 is 0 Å². The number of nitrogens with one attached hydrogen (secondary N) is 2. The molecule has 2 heterocycles. The molecule has 1 saturated heterocycles. The maximum Gasteiger partial charge on any atom is 0.192 e. The molecule has 7 heteroatoms. The number of benzene rings is 1. The van der Waals surface area contributed by atoms with E-state index in [0.29, 0.717) is 29.8 Å². The number of pyridine rings is 1. The second-order valence-corrected chi connectivity index (χ2v) is 11.2. The van der Waals surface area contributed by atoms with Gasteiger partial charge in [0.05, 0.1) is 5.41 Å². The number of halogens is 1. The molecule has 1 aromatic heterocycles. The standard InChI is InChI=1S/C29H31FN4OS/c1-20-5-11-25(12-6-20)36-34-15-13-22-16-27(33-24-9-7-23(30)8-10-24)21(18-31)17-29(22,19-34)28(35)26-4-2-3-14-32-26/h2-5,7-11,14,16,18,20,25,31,33H,6,12-13,15,17,19H2,1H3. The van der Waals surface area contributed by atoms with Crippen LogP contribution in [0.5, 0.6) is 0 Å². The van der Waals surface area contributed by atoms with Crippen molar-refractivity contribution in [2.24, 2.45) is 11.3 Å². The summed E-state index contributed by atoms with van der Waals surface area (Å²) in [5.41, 5.74) is 3.05. The van der Waals surface area contributed by atoms with Crippen LogP contribution in [0.2, 0.25) is 0 Å². The van der Waals surface area contributed by atoms with Crippen molar-refractivity contribution >= 4 is 29.6 Å². The van der Waals surface area contributed by atoms with Crippen LogP contribution in [0.1, 0.15) is 43.1 Å². The van der Waals surface area contributed by atoms with Crippen molar-refractivity contribution in [1.82, 2.24) is 9.29 Å². The number of carbonyl (C=O) groups is 1. The minimum Gasteiger partial charge on any atom is -0.355 e. The Kier molecular flexibility index (Phi) is 7.21. The van der Waals surface area contributed by atoms with Crippen LogP contribution in [-0.2, 0) is 0 Å². The number of piperidine rings is 1. The van der Waals surface area contributed by atoms with Gasteiger partial charge in [0.2, 0.25) is 0 Å². The molecular formula is C29H31FN4OS. The topological polar surface area (TPSA) is 69.1 Å². The minimum absolute atomic E-state index is 0.00707. The van der Waals surface area contributed by atoms with Crippen molar-refractivity contribution in [2.75, 3.05) is 18.4 Å². The SMILES string of the molecule is CC1C=CC(SN2CCC3=CC(Nc4ccc(F)cc4)=C(C=N)CC3(C(=O)c3ccccn3)C2)CC1. The Morgan fingerprint density at radius 1 is 1.22 bits per heavy atom. The number of anilines is 1. The Morgan fingerprint density at radius 3 is 2.75 bits per heavy atom. The number of fused-ring (bicyclic) bond motifs is 1. The fraction of sp³-hybridized carbons (Fsp3) is 0.345. The smallest absolute Gasteiger partial charge is 0.192 e. The summed E-state index contributed by atoms with van der Waals surface area (Å²) in [6, 6.07) is 11.6. The first-order valence-corrected chi connectivity index (χ1v) is 13.3. The predicted molar refractivity (Wildman–Crippen MR) is 145 cm³/mol. The van der Waals surface area contributed by atoms with Crippen molar-refractivity contribution in [2.45, 2.75) is 37.9 Å². The fourth-order valence-electron chi connectivity index (χ4n) is 5.31. The lowest BCUT2D eigenvalue weighted by Gasteiger charge is -2.46. The molecule has 2 aliphatic carbocycles. The summed E-state index contributed by atoms with van der Waals surface area (Å²) in [5, 5.41) is 11.9. The molecule has 186 valence electrons. The molecule has 2 aromatic rings. The lowest BCUT2D eigenvalue weighted by molar-refractivity contribution is 0.0775. The number of allylic oxidation sites excluding steroid dienone is 3. The fourth-order valence-corrected chi connectivity index (χ4v) is 6.59. The van der Waals surface area contributed by atoms with Gasteiger partial charge in [0.15, 0.2) is 5.78 Å². The molecule has 0 radical (unpaired) electrons. The van der Waals surface area contributed by atoms with E-state index in [4.69, 9.17) is 5.41 Å². The number of Topliss-reactive ketones (excluding diaryl/α,β-unsaturated/α-hetero) is 1.